The zero-order chi connectivity index (χ0) is 10.4. The predicted molar refractivity (Wildman–Crippen MR) is 60.0 cm³/mol. The van der Waals surface area contributed by atoms with Crippen molar-refractivity contribution < 1.29 is 9.53 Å². The Labute approximate surface area is 91.6 Å². The lowest BCUT2D eigenvalue weighted by atomic mass is 10.3. The number of hydrogen-bond acceptors (Lipinski definition) is 2. The summed E-state index contributed by atoms with van der Waals surface area (Å²) in [5.74, 6) is 0.734. The Morgan fingerprint density at radius 3 is 2.57 bits per heavy atom. The number of alkyl halides is 1. The molecule has 0 radical (unpaired) electrons. The largest absolute Gasteiger partial charge is 0.493 e. The van der Waals surface area contributed by atoms with Gasteiger partial charge in [-0.15, -0.1) is 0 Å². The summed E-state index contributed by atoms with van der Waals surface area (Å²) in [6.07, 6.45) is 0. The number of ether oxygens (including phenoxy) is 1. The maximum Gasteiger partial charge on any atom is 0.221 e. The third kappa shape index (κ3) is 3.79. The van der Waals surface area contributed by atoms with E-state index in [1.807, 2.05) is 24.3 Å². The molecule has 76 valence electrons. The van der Waals surface area contributed by atoms with Crippen LogP contribution in [-0.4, -0.2) is 17.8 Å². The van der Waals surface area contributed by atoms with Crippen LogP contribution in [0.4, 0.5) is 5.69 Å². The summed E-state index contributed by atoms with van der Waals surface area (Å²) in [5, 5.41) is 3.49. The van der Waals surface area contributed by atoms with Crippen molar-refractivity contribution in [1.82, 2.24) is 0 Å². The van der Waals surface area contributed by atoms with Gasteiger partial charge in [0.25, 0.3) is 0 Å². The van der Waals surface area contributed by atoms with E-state index in [1.54, 1.807) is 0 Å². The van der Waals surface area contributed by atoms with Gasteiger partial charge in [-0.2, -0.15) is 0 Å². The van der Waals surface area contributed by atoms with Crippen LogP contribution in [0.3, 0.4) is 0 Å². The van der Waals surface area contributed by atoms with Gasteiger partial charge in [-0.3, -0.25) is 4.79 Å². The molecule has 0 saturated carbocycles. The van der Waals surface area contributed by atoms with E-state index in [1.165, 1.54) is 6.92 Å². The summed E-state index contributed by atoms with van der Waals surface area (Å²) in [6.45, 7) is 2.12. The monoisotopic (exact) mass is 257 g/mol. The molecule has 1 aromatic carbocycles. The minimum absolute atomic E-state index is 0.0703. The molecule has 1 N–H and O–H groups in total. The molecule has 3 nitrogen and oxygen atoms in total. The van der Waals surface area contributed by atoms with Crippen molar-refractivity contribution in [2.45, 2.75) is 6.92 Å². The minimum Gasteiger partial charge on any atom is -0.493 e. The molecule has 0 saturated heterocycles. The Morgan fingerprint density at radius 1 is 1.43 bits per heavy atom. The summed E-state index contributed by atoms with van der Waals surface area (Å²) < 4.78 is 5.36. The van der Waals surface area contributed by atoms with E-state index in [9.17, 15) is 4.79 Å². The van der Waals surface area contributed by atoms with Crippen molar-refractivity contribution in [3.05, 3.63) is 24.3 Å². The zero-order valence-corrected chi connectivity index (χ0v) is 9.50. The van der Waals surface area contributed by atoms with Gasteiger partial charge in [0.1, 0.15) is 5.75 Å². The summed E-state index contributed by atoms with van der Waals surface area (Å²) >= 11 is 3.27. The van der Waals surface area contributed by atoms with E-state index in [0.29, 0.717) is 6.61 Å². The second kappa shape index (κ2) is 5.65. The van der Waals surface area contributed by atoms with Gasteiger partial charge in [0.15, 0.2) is 0 Å². The van der Waals surface area contributed by atoms with Crippen molar-refractivity contribution >= 4 is 27.5 Å². The topological polar surface area (TPSA) is 38.3 Å². The third-order valence-electron chi connectivity index (χ3n) is 1.52. The number of carbonyl (C=O) groups is 1. The molecule has 4 heteroatoms. The van der Waals surface area contributed by atoms with Crippen molar-refractivity contribution in [2.75, 3.05) is 17.3 Å². The van der Waals surface area contributed by atoms with Crippen molar-refractivity contribution in [1.29, 1.82) is 0 Å². The first-order chi connectivity index (χ1) is 6.72. The lowest BCUT2D eigenvalue weighted by molar-refractivity contribution is -0.114. The molecule has 0 atom stereocenters. The summed E-state index contributed by atoms with van der Waals surface area (Å²) in [5.41, 5.74) is 0.781. The minimum atomic E-state index is -0.0703. The highest BCUT2D eigenvalue weighted by molar-refractivity contribution is 9.09. The molecule has 0 aliphatic carbocycles. The Bertz CT molecular complexity index is 297. The van der Waals surface area contributed by atoms with Gasteiger partial charge >= 0.3 is 0 Å². The average molecular weight is 258 g/mol. The van der Waals surface area contributed by atoms with E-state index in [4.69, 9.17) is 4.74 Å². The quantitative estimate of drug-likeness (QED) is 0.842. The first kappa shape index (κ1) is 11.0. The van der Waals surface area contributed by atoms with E-state index in [2.05, 4.69) is 21.2 Å². The highest BCUT2D eigenvalue weighted by atomic mass is 79.9. The first-order valence-corrected chi connectivity index (χ1v) is 5.41. The van der Waals surface area contributed by atoms with Gasteiger partial charge in [-0.25, -0.2) is 0 Å². The highest BCUT2D eigenvalue weighted by Crippen LogP contribution is 2.15. The van der Waals surface area contributed by atoms with Crippen LogP contribution < -0.4 is 10.1 Å². The van der Waals surface area contributed by atoms with Crippen LogP contribution in [0.5, 0.6) is 5.75 Å². The molecule has 0 aliphatic heterocycles. The third-order valence-corrected chi connectivity index (χ3v) is 1.84. The number of rotatable bonds is 4. The van der Waals surface area contributed by atoms with Gasteiger partial charge < -0.3 is 10.1 Å². The fourth-order valence-electron chi connectivity index (χ4n) is 0.994. The van der Waals surface area contributed by atoms with Crippen LogP contribution in [0.15, 0.2) is 24.3 Å². The molecule has 0 heterocycles. The van der Waals surface area contributed by atoms with Crippen LogP contribution in [-0.2, 0) is 4.79 Å². The molecule has 14 heavy (non-hydrogen) atoms. The van der Waals surface area contributed by atoms with Crippen molar-refractivity contribution in [3.8, 4) is 5.75 Å². The number of halogens is 1. The summed E-state index contributed by atoms with van der Waals surface area (Å²) in [6, 6.07) is 7.28. The fourth-order valence-corrected chi connectivity index (χ4v) is 1.16. The molecular formula is C10H12BrNO2. The molecule has 1 aromatic rings. The van der Waals surface area contributed by atoms with Gasteiger partial charge in [-0.05, 0) is 24.3 Å². The first-order valence-electron chi connectivity index (χ1n) is 4.29. The van der Waals surface area contributed by atoms with Crippen LogP contribution in [0.25, 0.3) is 0 Å². The maximum absolute atomic E-state index is 10.7. The van der Waals surface area contributed by atoms with Crippen molar-refractivity contribution in [2.24, 2.45) is 0 Å². The number of anilines is 1. The average Bonchev–Trinajstić information content (AvgIpc) is 2.16. The number of nitrogens with one attached hydrogen (secondary N) is 1. The number of amides is 1. The van der Waals surface area contributed by atoms with Crippen LogP contribution in [0, 0.1) is 0 Å². The molecular weight excluding hydrogens is 246 g/mol. The molecule has 0 unspecified atom stereocenters. The second-order valence-electron chi connectivity index (χ2n) is 2.74. The van der Waals surface area contributed by atoms with E-state index in [0.717, 1.165) is 16.8 Å². The molecule has 0 spiro atoms. The van der Waals surface area contributed by atoms with Gasteiger partial charge in [0, 0.05) is 17.9 Å². The normalized spacial score (nSPS) is 9.57. The maximum atomic E-state index is 10.7. The van der Waals surface area contributed by atoms with Gasteiger partial charge in [-0.1, -0.05) is 15.9 Å². The predicted octanol–water partition coefficient (Wildman–Crippen LogP) is 2.42. The van der Waals surface area contributed by atoms with Gasteiger partial charge in [0.05, 0.1) is 6.61 Å². The second-order valence-corrected chi connectivity index (χ2v) is 3.54. The SMILES string of the molecule is CC(=O)Nc1ccc(OCCBr)cc1. The fraction of sp³-hybridized carbons (Fsp3) is 0.300. The molecule has 1 rings (SSSR count). The molecule has 0 aromatic heterocycles. The molecule has 0 fully saturated rings. The lowest BCUT2D eigenvalue weighted by Crippen LogP contribution is -2.05. The van der Waals surface area contributed by atoms with E-state index in [-0.39, 0.29) is 5.91 Å². The summed E-state index contributed by atoms with van der Waals surface area (Å²) in [4.78, 5) is 10.7. The van der Waals surface area contributed by atoms with E-state index < -0.39 is 0 Å². The van der Waals surface area contributed by atoms with Crippen LogP contribution >= 0.6 is 15.9 Å². The smallest absolute Gasteiger partial charge is 0.221 e. The van der Waals surface area contributed by atoms with Crippen molar-refractivity contribution in [3.63, 3.8) is 0 Å². The Balaban J connectivity index is 2.54. The molecule has 0 bridgehead atoms. The molecule has 0 aliphatic rings. The Kier molecular flexibility index (Phi) is 4.46. The van der Waals surface area contributed by atoms with Gasteiger partial charge in [0.2, 0.25) is 5.91 Å². The zero-order valence-electron chi connectivity index (χ0n) is 7.92. The number of hydrogen-bond donors (Lipinski definition) is 1. The Morgan fingerprint density at radius 2 is 2.07 bits per heavy atom. The van der Waals surface area contributed by atoms with E-state index >= 15 is 0 Å². The molecule has 1 amide bonds. The Hall–Kier alpha value is -1.03. The lowest BCUT2D eigenvalue weighted by Gasteiger charge is -2.05. The number of benzene rings is 1. The highest BCUT2D eigenvalue weighted by Gasteiger charge is 1.96. The standard InChI is InChI=1S/C10H12BrNO2/c1-8(13)12-9-2-4-10(5-3-9)14-7-6-11/h2-5H,6-7H2,1H3,(H,12,13). The summed E-state index contributed by atoms with van der Waals surface area (Å²) in [7, 11) is 0. The van der Waals surface area contributed by atoms with Crippen LogP contribution in [0.2, 0.25) is 0 Å². The number of carbonyl (C=O) groups excluding carboxylic acids is 1. The van der Waals surface area contributed by atoms with Crippen LogP contribution in [0.1, 0.15) is 6.92 Å².